The summed E-state index contributed by atoms with van der Waals surface area (Å²) in [6.45, 7) is 6.75. The van der Waals surface area contributed by atoms with Gasteiger partial charge < -0.3 is 5.32 Å². The first kappa shape index (κ1) is 16.6. The third kappa shape index (κ3) is 4.33. The predicted octanol–water partition coefficient (Wildman–Crippen LogP) is 2.49. The van der Waals surface area contributed by atoms with Crippen LogP contribution in [0.15, 0.2) is 22.0 Å². The molecule has 2 aromatic heterocycles. The summed E-state index contributed by atoms with van der Waals surface area (Å²) in [5.74, 6) is 0. The summed E-state index contributed by atoms with van der Waals surface area (Å²) < 4.78 is 27.7. The third-order valence-corrected chi connectivity index (χ3v) is 6.49. The summed E-state index contributed by atoms with van der Waals surface area (Å²) >= 11 is 2.91. The maximum Gasteiger partial charge on any atom is 0.242 e. The van der Waals surface area contributed by atoms with Gasteiger partial charge >= 0.3 is 0 Å². The van der Waals surface area contributed by atoms with E-state index in [4.69, 9.17) is 0 Å². The zero-order valence-corrected chi connectivity index (χ0v) is 14.7. The molecule has 0 unspecified atom stereocenters. The topological polar surface area (TPSA) is 71.1 Å². The number of nitrogens with zero attached hydrogens (tertiary/aromatic N) is 1. The molecule has 2 rings (SSSR count). The van der Waals surface area contributed by atoms with Gasteiger partial charge in [0.15, 0.2) is 0 Å². The lowest BCUT2D eigenvalue weighted by molar-refractivity contribution is 0.571. The van der Waals surface area contributed by atoms with Crippen LogP contribution in [0.4, 0.5) is 0 Å². The van der Waals surface area contributed by atoms with Gasteiger partial charge in [0.05, 0.1) is 5.51 Å². The fourth-order valence-corrected chi connectivity index (χ4v) is 5.22. The van der Waals surface area contributed by atoms with Crippen LogP contribution in [-0.2, 0) is 23.1 Å². The number of hydrogen-bond donors (Lipinski definition) is 2. The van der Waals surface area contributed by atoms with Gasteiger partial charge in [-0.25, -0.2) is 13.1 Å². The fraction of sp³-hybridized carbons (Fsp3) is 0.462. The van der Waals surface area contributed by atoms with Gasteiger partial charge in [0.2, 0.25) is 10.0 Å². The molecule has 8 heteroatoms. The van der Waals surface area contributed by atoms with E-state index in [1.54, 1.807) is 11.7 Å². The Morgan fingerprint density at radius 1 is 1.29 bits per heavy atom. The second kappa shape index (κ2) is 6.97. The van der Waals surface area contributed by atoms with E-state index in [0.29, 0.717) is 17.5 Å². The van der Waals surface area contributed by atoms with E-state index in [9.17, 15) is 8.42 Å². The van der Waals surface area contributed by atoms with E-state index >= 15 is 0 Å². The number of nitrogens with one attached hydrogen (secondary N) is 2. The SMILES string of the molecule is Cc1csc(CNC(C)C)c1S(=O)(=O)NCc1cncs1. The Balaban J connectivity index is 2.16. The number of thiophene rings is 1. The summed E-state index contributed by atoms with van der Waals surface area (Å²) in [6.07, 6.45) is 1.68. The molecule has 0 spiro atoms. The van der Waals surface area contributed by atoms with Gasteiger partial charge in [-0.3, -0.25) is 4.98 Å². The molecule has 0 fully saturated rings. The van der Waals surface area contributed by atoms with Gasteiger partial charge in [0.25, 0.3) is 0 Å². The summed E-state index contributed by atoms with van der Waals surface area (Å²) in [5.41, 5.74) is 2.48. The average Bonchev–Trinajstić information content (AvgIpc) is 3.03. The van der Waals surface area contributed by atoms with Crippen LogP contribution in [0.5, 0.6) is 0 Å². The maximum atomic E-state index is 12.5. The summed E-state index contributed by atoms with van der Waals surface area (Å²) in [7, 11) is -3.50. The van der Waals surface area contributed by atoms with Crippen LogP contribution in [0, 0.1) is 6.92 Å². The van der Waals surface area contributed by atoms with Crippen molar-refractivity contribution >= 4 is 32.7 Å². The molecule has 116 valence electrons. The highest BCUT2D eigenvalue weighted by atomic mass is 32.2. The number of rotatable bonds is 7. The molecular formula is C13H19N3O2S3. The molecule has 0 amide bonds. The van der Waals surface area contributed by atoms with Crippen molar-refractivity contribution in [1.29, 1.82) is 0 Å². The first-order valence-electron chi connectivity index (χ1n) is 6.57. The van der Waals surface area contributed by atoms with Gasteiger partial charge in [-0.15, -0.1) is 22.7 Å². The lowest BCUT2D eigenvalue weighted by Gasteiger charge is -2.11. The molecule has 2 N–H and O–H groups in total. The quantitative estimate of drug-likeness (QED) is 0.809. The Morgan fingerprint density at radius 2 is 2.05 bits per heavy atom. The fourth-order valence-electron chi connectivity index (χ4n) is 1.83. The van der Waals surface area contributed by atoms with Gasteiger partial charge in [0.1, 0.15) is 4.90 Å². The van der Waals surface area contributed by atoms with E-state index in [0.717, 1.165) is 15.3 Å². The van der Waals surface area contributed by atoms with E-state index in [2.05, 4.69) is 15.0 Å². The molecular weight excluding hydrogens is 326 g/mol. The first-order valence-corrected chi connectivity index (χ1v) is 9.82. The highest BCUT2D eigenvalue weighted by molar-refractivity contribution is 7.89. The predicted molar refractivity (Wildman–Crippen MR) is 87.2 cm³/mol. The lowest BCUT2D eigenvalue weighted by Crippen LogP contribution is -2.26. The van der Waals surface area contributed by atoms with Crippen molar-refractivity contribution in [2.24, 2.45) is 0 Å². The minimum atomic E-state index is -3.50. The van der Waals surface area contributed by atoms with Crippen LogP contribution in [0.1, 0.15) is 29.2 Å². The zero-order valence-electron chi connectivity index (χ0n) is 12.2. The van der Waals surface area contributed by atoms with E-state index in [-0.39, 0.29) is 6.54 Å². The minimum absolute atomic E-state index is 0.277. The van der Waals surface area contributed by atoms with Crippen LogP contribution in [-0.4, -0.2) is 19.4 Å². The van der Waals surface area contributed by atoms with Gasteiger partial charge in [-0.05, 0) is 17.9 Å². The Hall–Kier alpha value is -0.800. The van der Waals surface area contributed by atoms with Crippen LogP contribution >= 0.6 is 22.7 Å². The van der Waals surface area contributed by atoms with Gasteiger partial charge in [-0.1, -0.05) is 13.8 Å². The van der Waals surface area contributed by atoms with Crippen molar-refractivity contribution in [1.82, 2.24) is 15.0 Å². The number of hydrogen-bond acceptors (Lipinski definition) is 6. The zero-order chi connectivity index (χ0) is 15.5. The monoisotopic (exact) mass is 345 g/mol. The normalized spacial score (nSPS) is 12.2. The van der Waals surface area contributed by atoms with E-state index < -0.39 is 10.0 Å². The molecule has 0 saturated carbocycles. The van der Waals surface area contributed by atoms with Crippen molar-refractivity contribution in [2.45, 2.75) is 44.8 Å². The Labute approximate surface area is 133 Å². The number of aryl methyl sites for hydroxylation is 1. The molecule has 5 nitrogen and oxygen atoms in total. The molecule has 21 heavy (non-hydrogen) atoms. The molecule has 0 aliphatic heterocycles. The number of sulfonamides is 1. The van der Waals surface area contributed by atoms with Crippen LogP contribution < -0.4 is 10.0 Å². The Morgan fingerprint density at radius 3 is 2.67 bits per heavy atom. The third-order valence-electron chi connectivity index (χ3n) is 2.85. The molecule has 2 aromatic rings. The lowest BCUT2D eigenvalue weighted by atomic mass is 10.3. The van der Waals surface area contributed by atoms with E-state index in [1.807, 2.05) is 26.2 Å². The van der Waals surface area contributed by atoms with Crippen molar-refractivity contribution in [3.8, 4) is 0 Å². The Bertz CT molecular complexity index is 676. The highest BCUT2D eigenvalue weighted by Gasteiger charge is 2.22. The van der Waals surface area contributed by atoms with Crippen LogP contribution in [0.2, 0.25) is 0 Å². The molecule has 0 saturated heterocycles. The van der Waals surface area contributed by atoms with Crippen molar-refractivity contribution < 1.29 is 8.42 Å². The molecule has 0 aliphatic rings. The van der Waals surface area contributed by atoms with Crippen molar-refractivity contribution in [2.75, 3.05) is 0 Å². The van der Waals surface area contributed by atoms with Gasteiger partial charge in [-0.2, -0.15) is 0 Å². The summed E-state index contributed by atoms with van der Waals surface area (Å²) in [4.78, 5) is 6.09. The maximum absolute atomic E-state index is 12.5. The standard InChI is InChI=1S/C13H19N3O2S3/c1-9(2)15-6-12-13(10(3)7-19-12)21(17,18)16-5-11-4-14-8-20-11/h4,7-9,15-16H,5-6H2,1-3H3. The Kier molecular flexibility index (Phi) is 5.50. The smallest absolute Gasteiger partial charge is 0.242 e. The molecule has 0 atom stereocenters. The molecule has 0 radical (unpaired) electrons. The second-order valence-corrected chi connectivity index (χ2v) is 8.64. The first-order chi connectivity index (χ1) is 9.90. The van der Waals surface area contributed by atoms with Crippen molar-refractivity contribution in [3.05, 3.63) is 32.4 Å². The largest absolute Gasteiger partial charge is 0.310 e. The number of aromatic nitrogens is 1. The average molecular weight is 346 g/mol. The van der Waals surface area contributed by atoms with E-state index in [1.165, 1.54) is 22.7 Å². The van der Waals surface area contributed by atoms with Gasteiger partial charge in [0, 0.05) is 35.1 Å². The van der Waals surface area contributed by atoms with Crippen LogP contribution in [0.25, 0.3) is 0 Å². The minimum Gasteiger partial charge on any atom is -0.310 e. The van der Waals surface area contributed by atoms with Crippen LogP contribution in [0.3, 0.4) is 0 Å². The molecule has 0 bridgehead atoms. The van der Waals surface area contributed by atoms with Crippen molar-refractivity contribution in [3.63, 3.8) is 0 Å². The molecule has 2 heterocycles. The summed E-state index contributed by atoms with van der Waals surface area (Å²) in [5, 5.41) is 5.16. The second-order valence-electron chi connectivity index (χ2n) is 5.00. The highest BCUT2D eigenvalue weighted by Crippen LogP contribution is 2.27. The molecule has 0 aliphatic carbocycles. The summed E-state index contributed by atoms with van der Waals surface area (Å²) in [6, 6.07) is 0.313. The number of thiazole rings is 1. The molecule has 0 aromatic carbocycles.